The summed E-state index contributed by atoms with van der Waals surface area (Å²) in [6.45, 7) is 6.24. The number of ether oxygens (including phenoxy) is 1. The molecule has 1 amide bonds. The van der Waals surface area contributed by atoms with E-state index in [0.29, 0.717) is 17.2 Å². The number of rotatable bonds is 6. The number of amides is 1. The zero-order chi connectivity index (χ0) is 27.3. The molecule has 6 heteroatoms. The zero-order valence-corrected chi connectivity index (χ0v) is 22.4. The van der Waals surface area contributed by atoms with Gasteiger partial charge < -0.3 is 15.0 Å². The van der Waals surface area contributed by atoms with Crippen LogP contribution >= 0.6 is 0 Å². The lowest BCUT2D eigenvalue weighted by molar-refractivity contribution is -0.145. The van der Waals surface area contributed by atoms with E-state index in [0.717, 1.165) is 28.8 Å². The van der Waals surface area contributed by atoms with Gasteiger partial charge in [0.2, 0.25) is 5.91 Å². The molecule has 3 aromatic rings. The number of nitrogens with one attached hydrogen (secondary N) is 1. The van der Waals surface area contributed by atoms with Crippen LogP contribution in [0.3, 0.4) is 0 Å². The number of ketones is 1. The second kappa shape index (κ2) is 9.53. The molecule has 0 aromatic heterocycles. The van der Waals surface area contributed by atoms with Gasteiger partial charge in [-0.3, -0.25) is 9.59 Å². The van der Waals surface area contributed by atoms with Crippen LogP contribution in [-0.4, -0.2) is 36.4 Å². The van der Waals surface area contributed by atoms with Crippen molar-refractivity contribution in [2.75, 3.05) is 16.8 Å². The smallest absolute Gasteiger partial charge is 0.329 e. The van der Waals surface area contributed by atoms with Crippen molar-refractivity contribution in [2.24, 2.45) is 11.8 Å². The number of carbonyl (C=O) groups excluding carboxylic acids is 3. The average molecular weight is 521 g/mol. The number of Topliss-reactive ketones (excluding diaryl/α,β-unsaturated/α-hetero) is 1. The van der Waals surface area contributed by atoms with Crippen molar-refractivity contribution >= 4 is 35.1 Å². The topological polar surface area (TPSA) is 75.7 Å². The Morgan fingerprint density at radius 3 is 2.46 bits per heavy atom. The molecular weight excluding hydrogens is 488 g/mol. The van der Waals surface area contributed by atoms with E-state index in [2.05, 4.69) is 19.2 Å². The number of hydrogen-bond acceptors (Lipinski definition) is 5. The number of benzene rings is 3. The third-order valence-corrected chi connectivity index (χ3v) is 8.23. The summed E-state index contributed by atoms with van der Waals surface area (Å²) in [5, 5.41) is 3.04. The highest BCUT2D eigenvalue weighted by Crippen LogP contribution is 2.57. The fourth-order valence-corrected chi connectivity index (χ4v) is 6.78. The summed E-state index contributed by atoms with van der Waals surface area (Å²) < 4.78 is 5.61. The molecule has 1 spiro atoms. The molecule has 3 aliphatic rings. The van der Waals surface area contributed by atoms with E-state index in [1.54, 1.807) is 6.92 Å². The maximum Gasteiger partial charge on any atom is 0.329 e. The molecule has 39 heavy (non-hydrogen) atoms. The van der Waals surface area contributed by atoms with Gasteiger partial charge in [0.1, 0.15) is 11.5 Å². The SMILES string of the molecule is CCOC(=O)[C@@H]1[C@H](C(=O)c2ccc(CC(C)C)cc2)[C@]2(C(=O)Nc3ccccc32)[C@@H]2C=Cc3ccccc3N12. The third kappa shape index (κ3) is 3.73. The molecule has 3 aromatic carbocycles. The van der Waals surface area contributed by atoms with Crippen molar-refractivity contribution in [3.63, 3.8) is 0 Å². The summed E-state index contributed by atoms with van der Waals surface area (Å²) in [7, 11) is 0. The number of carbonyl (C=O) groups is 3. The van der Waals surface area contributed by atoms with E-state index < -0.39 is 29.4 Å². The number of para-hydroxylation sites is 2. The van der Waals surface area contributed by atoms with Crippen LogP contribution in [0, 0.1) is 11.8 Å². The number of fused-ring (bicyclic) bond motifs is 6. The van der Waals surface area contributed by atoms with E-state index in [9.17, 15) is 14.4 Å². The molecule has 6 rings (SSSR count). The summed E-state index contributed by atoms with van der Waals surface area (Å²) >= 11 is 0. The van der Waals surface area contributed by atoms with Gasteiger partial charge in [0.05, 0.1) is 18.6 Å². The van der Waals surface area contributed by atoms with Crippen LogP contribution in [0.1, 0.15) is 47.8 Å². The first-order valence-electron chi connectivity index (χ1n) is 13.6. The molecular formula is C33H32N2O4. The van der Waals surface area contributed by atoms with Crippen LogP contribution in [0.5, 0.6) is 0 Å². The second-order valence-corrected chi connectivity index (χ2v) is 11.0. The quantitative estimate of drug-likeness (QED) is 0.347. The summed E-state index contributed by atoms with van der Waals surface area (Å²) in [5.74, 6) is -1.53. The Bertz CT molecular complexity index is 1490. The largest absolute Gasteiger partial charge is 0.464 e. The molecule has 6 nitrogen and oxygen atoms in total. The fourth-order valence-electron chi connectivity index (χ4n) is 6.78. The van der Waals surface area contributed by atoms with E-state index >= 15 is 0 Å². The lowest BCUT2D eigenvalue weighted by atomic mass is 9.64. The van der Waals surface area contributed by atoms with E-state index in [1.165, 1.54) is 0 Å². The first kappa shape index (κ1) is 25.1. The van der Waals surface area contributed by atoms with Gasteiger partial charge in [-0.15, -0.1) is 0 Å². The van der Waals surface area contributed by atoms with Gasteiger partial charge in [0.15, 0.2) is 5.78 Å². The van der Waals surface area contributed by atoms with Crippen LogP contribution in [0.25, 0.3) is 6.08 Å². The highest BCUT2D eigenvalue weighted by molar-refractivity contribution is 6.16. The van der Waals surface area contributed by atoms with Crippen molar-refractivity contribution in [3.05, 3.63) is 101 Å². The molecule has 1 saturated heterocycles. The van der Waals surface area contributed by atoms with Crippen LogP contribution in [0.15, 0.2) is 78.9 Å². The Balaban J connectivity index is 1.58. The Morgan fingerprint density at radius 2 is 1.72 bits per heavy atom. The molecule has 0 aliphatic carbocycles. The number of nitrogens with zero attached hydrogens (tertiary/aromatic N) is 1. The maximum atomic E-state index is 14.6. The molecule has 0 radical (unpaired) electrons. The molecule has 0 unspecified atom stereocenters. The highest BCUT2D eigenvalue weighted by Gasteiger charge is 2.70. The van der Waals surface area contributed by atoms with E-state index in [4.69, 9.17) is 4.74 Å². The van der Waals surface area contributed by atoms with Crippen molar-refractivity contribution in [3.8, 4) is 0 Å². The minimum atomic E-state index is -1.31. The maximum absolute atomic E-state index is 14.6. The van der Waals surface area contributed by atoms with Gasteiger partial charge in [0.25, 0.3) is 0 Å². The predicted octanol–water partition coefficient (Wildman–Crippen LogP) is 5.42. The van der Waals surface area contributed by atoms with Crippen molar-refractivity contribution in [1.82, 2.24) is 0 Å². The van der Waals surface area contributed by atoms with Crippen LogP contribution < -0.4 is 10.2 Å². The number of esters is 1. The first-order chi connectivity index (χ1) is 18.9. The van der Waals surface area contributed by atoms with E-state index in [-0.39, 0.29) is 18.3 Å². The lowest BCUT2D eigenvalue weighted by Crippen LogP contribution is -2.51. The molecule has 1 N–H and O–H groups in total. The molecule has 0 bridgehead atoms. The fraction of sp³-hybridized carbons (Fsp3) is 0.303. The van der Waals surface area contributed by atoms with Gasteiger partial charge >= 0.3 is 5.97 Å². The highest BCUT2D eigenvalue weighted by atomic mass is 16.5. The lowest BCUT2D eigenvalue weighted by Gasteiger charge is -2.37. The van der Waals surface area contributed by atoms with Gasteiger partial charge in [-0.05, 0) is 48.1 Å². The zero-order valence-electron chi connectivity index (χ0n) is 22.4. The average Bonchev–Trinajstić information content (AvgIpc) is 3.41. The standard InChI is InChI=1S/C33H32N2O4/c1-4-39-31(37)29-28(30(36)23-15-13-21(14-16-23)19-20(2)3)33(24-10-6-7-11-25(24)34-32(33)38)27-18-17-22-9-5-8-12-26(22)35(27)29/h5-18,20,27-29H,4,19H2,1-3H3,(H,34,38)/t27-,28+,29-,33+/m0/s1. The van der Waals surface area contributed by atoms with E-state index in [1.807, 2.05) is 89.8 Å². The third-order valence-electron chi connectivity index (χ3n) is 8.23. The summed E-state index contributed by atoms with van der Waals surface area (Å²) in [6.07, 6.45) is 4.86. The Morgan fingerprint density at radius 1 is 1.00 bits per heavy atom. The summed E-state index contributed by atoms with van der Waals surface area (Å²) in [6, 6.07) is 21.3. The molecule has 4 atom stereocenters. The Hall–Kier alpha value is -4.19. The normalized spacial score (nSPS) is 24.4. The van der Waals surface area contributed by atoms with Gasteiger partial charge in [-0.1, -0.05) is 86.7 Å². The predicted molar refractivity (Wildman–Crippen MR) is 152 cm³/mol. The Labute approximate surface area is 228 Å². The number of hydrogen-bond donors (Lipinski definition) is 1. The van der Waals surface area contributed by atoms with Crippen LogP contribution in [0.4, 0.5) is 11.4 Å². The minimum Gasteiger partial charge on any atom is -0.464 e. The van der Waals surface area contributed by atoms with Gasteiger partial charge in [-0.25, -0.2) is 4.79 Å². The first-order valence-corrected chi connectivity index (χ1v) is 13.6. The monoisotopic (exact) mass is 520 g/mol. The van der Waals surface area contributed by atoms with Crippen LogP contribution in [-0.2, 0) is 26.2 Å². The Kier molecular flexibility index (Phi) is 6.13. The van der Waals surface area contributed by atoms with Crippen molar-refractivity contribution in [1.29, 1.82) is 0 Å². The molecule has 198 valence electrons. The molecule has 3 aliphatic heterocycles. The number of anilines is 2. The van der Waals surface area contributed by atoms with Crippen molar-refractivity contribution in [2.45, 2.75) is 44.7 Å². The molecule has 3 heterocycles. The summed E-state index contributed by atoms with van der Waals surface area (Å²) in [4.78, 5) is 44.6. The van der Waals surface area contributed by atoms with Gasteiger partial charge in [-0.2, -0.15) is 0 Å². The summed E-state index contributed by atoms with van der Waals surface area (Å²) in [5.41, 5.74) is 3.45. The van der Waals surface area contributed by atoms with Crippen molar-refractivity contribution < 1.29 is 19.1 Å². The molecule has 1 fully saturated rings. The minimum absolute atomic E-state index is 0.173. The second-order valence-electron chi connectivity index (χ2n) is 11.0. The van der Waals surface area contributed by atoms with Crippen LogP contribution in [0.2, 0.25) is 0 Å². The molecule has 0 saturated carbocycles. The van der Waals surface area contributed by atoms with Gasteiger partial charge in [0, 0.05) is 16.9 Å².